The molecule has 4 rings (SSSR count). The molecule has 1 N–H and O–H groups in total. The van der Waals surface area contributed by atoms with Crippen LogP contribution in [-0.2, 0) is 6.42 Å². The highest BCUT2D eigenvalue weighted by molar-refractivity contribution is 5.91. The molecule has 5 nitrogen and oxygen atoms in total. The Bertz CT molecular complexity index is 1300. The molecule has 1 heterocycles. The highest BCUT2D eigenvalue weighted by Gasteiger charge is 2.15. The third-order valence-corrected chi connectivity index (χ3v) is 5.21. The zero-order valence-electron chi connectivity index (χ0n) is 16.6. The minimum absolute atomic E-state index is 0.0831. The van der Waals surface area contributed by atoms with Gasteiger partial charge in [0.1, 0.15) is 17.1 Å². The molecule has 3 aromatic carbocycles. The SMILES string of the molecule is Cc1cccc(OC(=O)c2ccc(Cc3c(O)c4ccccc4oc3=O)cc2)c1C. The second-order valence-electron chi connectivity index (χ2n) is 7.17. The molecule has 0 radical (unpaired) electrons. The molecule has 0 amide bonds. The summed E-state index contributed by atoms with van der Waals surface area (Å²) < 4.78 is 10.8. The van der Waals surface area contributed by atoms with Gasteiger partial charge in [-0.25, -0.2) is 9.59 Å². The number of para-hydroxylation sites is 1. The number of benzene rings is 3. The molecule has 150 valence electrons. The third-order valence-electron chi connectivity index (χ3n) is 5.21. The minimum atomic E-state index is -0.579. The summed E-state index contributed by atoms with van der Waals surface area (Å²) in [7, 11) is 0. The minimum Gasteiger partial charge on any atom is -0.507 e. The van der Waals surface area contributed by atoms with E-state index in [-0.39, 0.29) is 17.7 Å². The Morgan fingerprint density at radius 1 is 0.967 bits per heavy atom. The number of carbonyl (C=O) groups is 1. The maximum absolute atomic E-state index is 12.5. The van der Waals surface area contributed by atoms with Crippen LogP contribution in [0, 0.1) is 13.8 Å². The molecule has 0 aliphatic carbocycles. The van der Waals surface area contributed by atoms with Crippen LogP contribution in [0.15, 0.2) is 75.9 Å². The number of fused-ring (bicyclic) bond motifs is 1. The maximum atomic E-state index is 12.5. The van der Waals surface area contributed by atoms with E-state index >= 15 is 0 Å². The molecule has 5 heteroatoms. The topological polar surface area (TPSA) is 76.7 Å². The number of aromatic hydroxyl groups is 1. The Labute approximate surface area is 173 Å². The van der Waals surface area contributed by atoms with Gasteiger partial charge in [0.25, 0.3) is 0 Å². The summed E-state index contributed by atoms with van der Waals surface area (Å²) in [4.78, 5) is 24.8. The summed E-state index contributed by atoms with van der Waals surface area (Å²) in [5.41, 5.74) is 3.06. The molecule has 4 aromatic rings. The van der Waals surface area contributed by atoms with Crippen molar-refractivity contribution < 1.29 is 19.1 Å². The Kier molecular flexibility index (Phi) is 5.11. The molecule has 1 aromatic heterocycles. The highest BCUT2D eigenvalue weighted by Crippen LogP contribution is 2.27. The summed E-state index contributed by atoms with van der Waals surface area (Å²) in [5.74, 6) is -0.00801. The van der Waals surface area contributed by atoms with Crippen LogP contribution in [0.5, 0.6) is 11.5 Å². The van der Waals surface area contributed by atoms with Crippen LogP contribution < -0.4 is 10.4 Å². The Balaban J connectivity index is 1.56. The zero-order valence-corrected chi connectivity index (χ0v) is 16.6. The monoisotopic (exact) mass is 400 g/mol. The fourth-order valence-electron chi connectivity index (χ4n) is 3.28. The molecule has 0 saturated heterocycles. The van der Waals surface area contributed by atoms with E-state index in [2.05, 4.69) is 0 Å². The Hall–Kier alpha value is -3.86. The second kappa shape index (κ2) is 7.87. The van der Waals surface area contributed by atoms with Crippen LogP contribution in [0.25, 0.3) is 11.0 Å². The van der Waals surface area contributed by atoms with Gasteiger partial charge in [-0.1, -0.05) is 36.4 Å². The van der Waals surface area contributed by atoms with Gasteiger partial charge in [-0.2, -0.15) is 0 Å². The predicted molar refractivity (Wildman–Crippen MR) is 114 cm³/mol. The summed E-state index contributed by atoms with van der Waals surface area (Å²) in [6.45, 7) is 3.86. The van der Waals surface area contributed by atoms with Crippen molar-refractivity contribution in [2.75, 3.05) is 0 Å². The van der Waals surface area contributed by atoms with E-state index in [0.717, 1.165) is 16.7 Å². The second-order valence-corrected chi connectivity index (χ2v) is 7.17. The van der Waals surface area contributed by atoms with Crippen LogP contribution in [0.4, 0.5) is 0 Å². The molecule has 30 heavy (non-hydrogen) atoms. The number of ether oxygens (including phenoxy) is 1. The largest absolute Gasteiger partial charge is 0.507 e. The predicted octanol–water partition coefficient (Wildman–Crippen LogP) is 4.93. The summed E-state index contributed by atoms with van der Waals surface area (Å²) in [6.07, 6.45) is 0.186. The first kappa shape index (κ1) is 19.5. The van der Waals surface area contributed by atoms with E-state index < -0.39 is 11.6 Å². The molecular weight excluding hydrogens is 380 g/mol. The molecule has 0 unspecified atom stereocenters. The number of carbonyl (C=O) groups excluding carboxylic acids is 1. The molecule has 0 aliphatic rings. The maximum Gasteiger partial charge on any atom is 0.343 e. The van der Waals surface area contributed by atoms with Crippen LogP contribution in [0.3, 0.4) is 0 Å². The van der Waals surface area contributed by atoms with Gasteiger partial charge in [0.05, 0.1) is 16.5 Å². The molecule has 0 spiro atoms. The van der Waals surface area contributed by atoms with Crippen molar-refractivity contribution in [3.05, 3.63) is 105 Å². The van der Waals surface area contributed by atoms with Crippen LogP contribution in [-0.4, -0.2) is 11.1 Å². The van der Waals surface area contributed by atoms with E-state index in [1.165, 1.54) is 0 Å². The summed E-state index contributed by atoms with van der Waals surface area (Å²) in [5, 5.41) is 11.0. The van der Waals surface area contributed by atoms with Crippen molar-refractivity contribution in [1.82, 2.24) is 0 Å². The molecule has 0 atom stereocenters. The van der Waals surface area contributed by atoms with Crippen molar-refractivity contribution in [3.8, 4) is 11.5 Å². The number of aryl methyl sites for hydroxylation is 1. The fraction of sp³-hybridized carbons (Fsp3) is 0.120. The van der Waals surface area contributed by atoms with Gasteiger partial charge in [-0.3, -0.25) is 0 Å². The van der Waals surface area contributed by atoms with Crippen LogP contribution in [0.2, 0.25) is 0 Å². The number of rotatable bonds is 4. The van der Waals surface area contributed by atoms with E-state index in [1.54, 1.807) is 54.6 Å². The lowest BCUT2D eigenvalue weighted by atomic mass is 10.0. The summed E-state index contributed by atoms with van der Waals surface area (Å²) >= 11 is 0. The van der Waals surface area contributed by atoms with Crippen molar-refractivity contribution in [2.45, 2.75) is 20.3 Å². The van der Waals surface area contributed by atoms with E-state index in [9.17, 15) is 14.7 Å². The van der Waals surface area contributed by atoms with E-state index in [0.29, 0.717) is 22.3 Å². The standard InChI is InChI=1S/C25H20O5/c1-15-6-5-9-21(16(15)2)29-24(27)18-12-10-17(11-13-18)14-20-23(26)19-7-3-4-8-22(19)30-25(20)28/h3-13,26H,14H2,1-2H3. The van der Waals surface area contributed by atoms with Gasteiger partial charge in [0, 0.05) is 6.42 Å². The Morgan fingerprint density at radius 2 is 1.70 bits per heavy atom. The molecule has 0 fully saturated rings. The lowest BCUT2D eigenvalue weighted by Crippen LogP contribution is -2.10. The molecular formula is C25H20O5. The average Bonchev–Trinajstić information content (AvgIpc) is 2.75. The van der Waals surface area contributed by atoms with Gasteiger partial charge in [0.15, 0.2) is 0 Å². The van der Waals surface area contributed by atoms with Gasteiger partial charge < -0.3 is 14.3 Å². The normalized spacial score (nSPS) is 10.9. The average molecular weight is 400 g/mol. The first-order valence-corrected chi connectivity index (χ1v) is 9.55. The smallest absolute Gasteiger partial charge is 0.343 e. The van der Waals surface area contributed by atoms with Crippen LogP contribution >= 0.6 is 0 Å². The lowest BCUT2D eigenvalue weighted by molar-refractivity contribution is 0.0733. The van der Waals surface area contributed by atoms with Crippen molar-refractivity contribution >= 4 is 16.9 Å². The summed E-state index contributed by atoms with van der Waals surface area (Å²) in [6, 6.07) is 19.1. The first-order chi connectivity index (χ1) is 14.4. The highest BCUT2D eigenvalue weighted by atomic mass is 16.5. The number of hydrogen-bond acceptors (Lipinski definition) is 5. The van der Waals surface area contributed by atoms with Gasteiger partial charge >= 0.3 is 11.6 Å². The number of esters is 1. The third kappa shape index (κ3) is 3.70. The molecule has 0 saturated carbocycles. The Morgan fingerprint density at radius 3 is 2.47 bits per heavy atom. The number of hydrogen-bond donors (Lipinski definition) is 1. The molecule has 0 aliphatic heterocycles. The van der Waals surface area contributed by atoms with Crippen molar-refractivity contribution in [2.24, 2.45) is 0 Å². The fourth-order valence-corrected chi connectivity index (χ4v) is 3.28. The first-order valence-electron chi connectivity index (χ1n) is 9.55. The quantitative estimate of drug-likeness (QED) is 0.299. The van der Waals surface area contributed by atoms with Crippen LogP contribution in [0.1, 0.15) is 32.6 Å². The van der Waals surface area contributed by atoms with Gasteiger partial charge in [0.2, 0.25) is 0 Å². The van der Waals surface area contributed by atoms with Gasteiger partial charge in [-0.15, -0.1) is 0 Å². The van der Waals surface area contributed by atoms with Gasteiger partial charge in [-0.05, 0) is 60.9 Å². The molecule has 0 bridgehead atoms. The van der Waals surface area contributed by atoms with Crippen molar-refractivity contribution in [1.29, 1.82) is 0 Å². The lowest BCUT2D eigenvalue weighted by Gasteiger charge is -2.10. The van der Waals surface area contributed by atoms with Crippen molar-refractivity contribution in [3.63, 3.8) is 0 Å². The zero-order chi connectivity index (χ0) is 21.3. The van der Waals surface area contributed by atoms with E-state index in [1.807, 2.05) is 26.0 Å². The van der Waals surface area contributed by atoms with E-state index in [4.69, 9.17) is 9.15 Å².